The lowest BCUT2D eigenvalue weighted by atomic mass is 10.2. The summed E-state index contributed by atoms with van der Waals surface area (Å²) >= 11 is 1.15. The normalized spacial score (nSPS) is 10.7. The third-order valence-electron chi connectivity index (χ3n) is 2.29. The molecule has 0 aliphatic heterocycles. The SMILES string of the molecule is CC(C)CNC(=O)CCn1ccnc1SCC(=O)O. The van der Waals surface area contributed by atoms with Crippen molar-refractivity contribution in [1.29, 1.82) is 0 Å². The van der Waals surface area contributed by atoms with E-state index in [9.17, 15) is 9.59 Å². The van der Waals surface area contributed by atoms with Crippen molar-refractivity contribution in [1.82, 2.24) is 14.9 Å². The summed E-state index contributed by atoms with van der Waals surface area (Å²) in [5, 5.41) is 12.1. The van der Waals surface area contributed by atoms with Gasteiger partial charge in [0.1, 0.15) is 0 Å². The molecule has 0 saturated carbocycles. The lowest BCUT2D eigenvalue weighted by molar-refractivity contribution is -0.134. The number of imidazole rings is 1. The maximum atomic E-state index is 11.6. The number of carbonyl (C=O) groups is 2. The van der Waals surface area contributed by atoms with E-state index in [4.69, 9.17) is 5.11 Å². The fraction of sp³-hybridized carbons (Fsp3) is 0.583. The highest BCUT2D eigenvalue weighted by atomic mass is 32.2. The summed E-state index contributed by atoms with van der Waals surface area (Å²) in [4.78, 5) is 26.1. The van der Waals surface area contributed by atoms with E-state index < -0.39 is 5.97 Å². The minimum Gasteiger partial charge on any atom is -0.481 e. The Morgan fingerprint density at radius 3 is 2.89 bits per heavy atom. The molecule has 19 heavy (non-hydrogen) atoms. The van der Waals surface area contributed by atoms with E-state index in [1.165, 1.54) is 0 Å². The number of carboxylic acids is 1. The summed E-state index contributed by atoms with van der Waals surface area (Å²) in [6.07, 6.45) is 3.72. The average Bonchev–Trinajstić information content (AvgIpc) is 2.78. The van der Waals surface area contributed by atoms with E-state index in [0.29, 0.717) is 30.6 Å². The van der Waals surface area contributed by atoms with E-state index in [-0.39, 0.29) is 11.7 Å². The molecule has 0 aromatic carbocycles. The van der Waals surface area contributed by atoms with Crippen LogP contribution in [0.25, 0.3) is 0 Å². The first kappa shape index (κ1) is 15.6. The molecular weight excluding hydrogens is 266 g/mol. The third kappa shape index (κ3) is 6.28. The quantitative estimate of drug-likeness (QED) is 0.702. The van der Waals surface area contributed by atoms with Gasteiger partial charge in [-0.1, -0.05) is 25.6 Å². The first-order valence-electron chi connectivity index (χ1n) is 6.11. The lowest BCUT2D eigenvalue weighted by Crippen LogP contribution is -2.28. The Hall–Kier alpha value is -1.50. The summed E-state index contributed by atoms with van der Waals surface area (Å²) in [6.45, 7) is 5.25. The molecular formula is C12H19N3O3S. The topological polar surface area (TPSA) is 84.2 Å². The number of carbonyl (C=O) groups excluding carboxylic acids is 1. The van der Waals surface area contributed by atoms with Gasteiger partial charge in [-0.15, -0.1) is 0 Å². The molecule has 0 fully saturated rings. The van der Waals surface area contributed by atoms with Crippen LogP contribution < -0.4 is 5.32 Å². The molecule has 6 nitrogen and oxygen atoms in total. The van der Waals surface area contributed by atoms with E-state index >= 15 is 0 Å². The molecule has 0 spiro atoms. The van der Waals surface area contributed by atoms with Gasteiger partial charge >= 0.3 is 5.97 Å². The van der Waals surface area contributed by atoms with Gasteiger partial charge in [-0.2, -0.15) is 0 Å². The largest absolute Gasteiger partial charge is 0.481 e. The second kappa shape index (κ2) is 7.83. The number of carboxylic acid groups (broad SMARTS) is 1. The van der Waals surface area contributed by atoms with Crippen LogP contribution in [0.15, 0.2) is 17.6 Å². The van der Waals surface area contributed by atoms with Gasteiger partial charge in [-0.05, 0) is 5.92 Å². The van der Waals surface area contributed by atoms with Crippen molar-refractivity contribution in [2.45, 2.75) is 32.0 Å². The molecule has 1 aromatic heterocycles. The number of nitrogens with zero attached hydrogens (tertiary/aromatic N) is 2. The lowest BCUT2D eigenvalue weighted by Gasteiger charge is -2.09. The van der Waals surface area contributed by atoms with Gasteiger partial charge in [0, 0.05) is 31.9 Å². The van der Waals surface area contributed by atoms with Crippen molar-refractivity contribution < 1.29 is 14.7 Å². The van der Waals surface area contributed by atoms with Crippen LogP contribution in [0.1, 0.15) is 20.3 Å². The zero-order valence-electron chi connectivity index (χ0n) is 11.1. The van der Waals surface area contributed by atoms with Crippen LogP contribution in [-0.2, 0) is 16.1 Å². The highest BCUT2D eigenvalue weighted by Crippen LogP contribution is 2.15. The summed E-state index contributed by atoms with van der Waals surface area (Å²) in [7, 11) is 0. The molecule has 0 atom stereocenters. The van der Waals surface area contributed by atoms with Gasteiger partial charge in [0.15, 0.2) is 5.16 Å². The summed E-state index contributed by atoms with van der Waals surface area (Å²) in [5.74, 6) is -0.485. The Labute approximate surface area is 116 Å². The van der Waals surface area contributed by atoms with Crippen LogP contribution in [0.3, 0.4) is 0 Å². The van der Waals surface area contributed by atoms with Crippen LogP contribution in [-0.4, -0.2) is 38.8 Å². The van der Waals surface area contributed by atoms with Gasteiger partial charge < -0.3 is 15.0 Å². The molecule has 0 aliphatic carbocycles. The number of aliphatic carboxylic acids is 1. The Balaban J connectivity index is 2.38. The summed E-state index contributed by atoms with van der Waals surface area (Å²) in [5.41, 5.74) is 0. The standard InChI is InChI=1S/C12H19N3O3S/c1-9(2)7-14-10(16)3-5-15-6-4-13-12(15)19-8-11(17)18/h4,6,9H,3,5,7-8H2,1-2H3,(H,14,16)(H,17,18). The Bertz CT molecular complexity index is 432. The maximum Gasteiger partial charge on any atom is 0.313 e. The van der Waals surface area contributed by atoms with Crippen molar-refractivity contribution in [3.05, 3.63) is 12.4 Å². The van der Waals surface area contributed by atoms with E-state index in [1.807, 2.05) is 13.8 Å². The molecule has 1 heterocycles. The number of amides is 1. The number of aryl methyl sites for hydroxylation is 1. The van der Waals surface area contributed by atoms with Crippen molar-refractivity contribution >= 4 is 23.6 Å². The molecule has 7 heteroatoms. The molecule has 2 N–H and O–H groups in total. The minimum atomic E-state index is -0.880. The van der Waals surface area contributed by atoms with Crippen LogP contribution in [0.2, 0.25) is 0 Å². The number of hydrogen-bond donors (Lipinski definition) is 2. The average molecular weight is 285 g/mol. The fourth-order valence-electron chi connectivity index (χ4n) is 1.36. The van der Waals surface area contributed by atoms with Crippen molar-refractivity contribution in [3.8, 4) is 0 Å². The van der Waals surface area contributed by atoms with Crippen LogP contribution in [0, 0.1) is 5.92 Å². The van der Waals surface area contributed by atoms with Crippen molar-refractivity contribution in [3.63, 3.8) is 0 Å². The van der Waals surface area contributed by atoms with Crippen LogP contribution >= 0.6 is 11.8 Å². The van der Waals surface area contributed by atoms with E-state index in [2.05, 4.69) is 10.3 Å². The molecule has 0 saturated heterocycles. The molecule has 0 unspecified atom stereocenters. The van der Waals surface area contributed by atoms with Gasteiger partial charge in [-0.3, -0.25) is 9.59 Å². The third-order valence-corrected chi connectivity index (χ3v) is 3.28. The Kier molecular flexibility index (Phi) is 6.41. The Morgan fingerprint density at radius 1 is 1.53 bits per heavy atom. The van der Waals surface area contributed by atoms with E-state index in [1.54, 1.807) is 17.0 Å². The van der Waals surface area contributed by atoms with Crippen molar-refractivity contribution in [2.24, 2.45) is 5.92 Å². The van der Waals surface area contributed by atoms with Gasteiger partial charge in [-0.25, -0.2) is 4.98 Å². The Morgan fingerprint density at radius 2 is 2.26 bits per heavy atom. The molecule has 0 bridgehead atoms. The number of thioether (sulfide) groups is 1. The molecule has 0 aliphatic rings. The number of hydrogen-bond acceptors (Lipinski definition) is 4. The predicted molar refractivity (Wildman–Crippen MR) is 73.1 cm³/mol. The molecule has 1 rings (SSSR count). The smallest absolute Gasteiger partial charge is 0.313 e. The zero-order chi connectivity index (χ0) is 14.3. The first-order valence-corrected chi connectivity index (χ1v) is 7.10. The van der Waals surface area contributed by atoms with Gasteiger partial charge in [0.25, 0.3) is 0 Å². The van der Waals surface area contributed by atoms with Crippen LogP contribution in [0.5, 0.6) is 0 Å². The first-order chi connectivity index (χ1) is 8.99. The maximum absolute atomic E-state index is 11.6. The predicted octanol–water partition coefficient (Wildman–Crippen LogP) is 1.22. The van der Waals surface area contributed by atoms with Gasteiger partial charge in [0.05, 0.1) is 5.75 Å². The second-order valence-corrected chi connectivity index (χ2v) is 5.48. The number of rotatable bonds is 8. The zero-order valence-corrected chi connectivity index (χ0v) is 11.9. The molecule has 106 valence electrons. The number of aromatic nitrogens is 2. The summed E-state index contributed by atoms with van der Waals surface area (Å²) in [6, 6.07) is 0. The monoisotopic (exact) mass is 285 g/mol. The highest BCUT2D eigenvalue weighted by molar-refractivity contribution is 7.99. The van der Waals surface area contributed by atoms with E-state index in [0.717, 1.165) is 11.8 Å². The highest BCUT2D eigenvalue weighted by Gasteiger charge is 2.08. The number of nitrogens with one attached hydrogen (secondary N) is 1. The van der Waals surface area contributed by atoms with Crippen molar-refractivity contribution in [2.75, 3.05) is 12.3 Å². The summed E-state index contributed by atoms with van der Waals surface area (Å²) < 4.78 is 1.79. The molecule has 1 aromatic rings. The fourth-order valence-corrected chi connectivity index (χ4v) is 2.07. The van der Waals surface area contributed by atoms with Crippen LogP contribution in [0.4, 0.5) is 0 Å². The minimum absolute atomic E-state index is 0.00316. The second-order valence-electron chi connectivity index (χ2n) is 4.53. The van der Waals surface area contributed by atoms with Gasteiger partial charge in [0.2, 0.25) is 5.91 Å². The molecule has 1 amide bonds. The molecule has 0 radical (unpaired) electrons.